The van der Waals surface area contributed by atoms with E-state index in [1.807, 2.05) is 18.9 Å². The predicted octanol–water partition coefficient (Wildman–Crippen LogP) is 1.66. The number of hydrogen-bond acceptors (Lipinski definition) is 5. The number of amides is 1. The Morgan fingerprint density at radius 2 is 2.14 bits per heavy atom. The van der Waals surface area contributed by atoms with Gasteiger partial charge in [-0.25, -0.2) is 4.98 Å². The summed E-state index contributed by atoms with van der Waals surface area (Å²) in [4.78, 5) is 17.3. The summed E-state index contributed by atoms with van der Waals surface area (Å²) in [6.45, 7) is 4.95. The van der Waals surface area contributed by atoms with Gasteiger partial charge in [-0.05, 0) is 20.5 Å². The van der Waals surface area contributed by atoms with Gasteiger partial charge in [0.25, 0.3) is 0 Å². The number of hydrogen-bond donors (Lipinski definition) is 2. The van der Waals surface area contributed by atoms with Gasteiger partial charge in [0.15, 0.2) is 0 Å². The Labute approximate surface area is 131 Å². The Morgan fingerprint density at radius 1 is 1.50 bits per heavy atom. The second-order valence-corrected chi connectivity index (χ2v) is 5.93. The van der Waals surface area contributed by atoms with Crippen LogP contribution in [0.4, 0.5) is 13.2 Å². The summed E-state index contributed by atoms with van der Waals surface area (Å²) < 4.78 is 39.6. The van der Waals surface area contributed by atoms with Crippen LogP contribution >= 0.6 is 11.3 Å². The fourth-order valence-corrected chi connectivity index (χ4v) is 2.59. The van der Waals surface area contributed by atoms with E-state index in [9.17, 15) is 23.1 Å². The number of carbonyl (C=O) groups is 1. The molecule has 2 N–H and O–H groups in total. The average molecular weight is 339 g/mol. The summed E-state index contributed by atoms with van der Waals surface area (Å²) in [6, 6.07) is 0. The maximum atomic E-state index is 13.2. The zero-order valence-corrected chi connectivity index (χ0v) is 13.5. The van der Waals surface area contributed by atoms with Crippen LogP contribution in [0.5, 0.6) is 0 Å². The van der Waals surface area contributed by atoms with Crippen LogP contribution in [0.15, 0.2) is 5.38 Å². The van der Waals surface area contributed by atoms with Crippen molar-refractivity contribution in [3.63, 3.8) is 0 Å². The van der Waals surface area contributed by atoms with Gasteiger partial charge < -0.3 is 15.3 Å². The van der Waals surface area contributed by atoms with Gasteiger partial charge in [-0.2, -0.15) is 13.2 Å². The van der Waals surface area contributed by atoms with E-state index >= 15 is 0 Å². The average Bonchev–Trinajstić information content (AvgIpc) is 2.84. The number of likely N-dealkylation sites (N-methyl/N-ethyl adjacent to an activating group) is 1. The molecule has 1 amide bonds. The summed E-state index contributed by atoms with van der Waals surface area (Å²) in [6.07, 6.45) is -6.08. The molecule has 0 aliphatic heterocycles. The number of aliphatic hydroxyl groups is 1. The van der Waals surface area contributed by atoms with E-state index in [-0.39, 0.29) is 6.54 Å². The molecule has 0 spiro atoms. The standard InChI is InChI=1S/C13H20F3N3O2S/c1-4-19(3)6-5-17-10(20)7-12(21,13(14,15)16)11-18-9(2)8-22-11/h8,21H,4-7H2,1-3H3,(H,17,20). The largest absolute Gasteiger partial charge is 0.424 e. The number of nitrogens with zero attached hydrogens (tertiary/aromatic N) is 2. The van der Waals surface area contributed by atoms with Gasteiger partial charge in [-0.3, -0.25) is 4.79 Å². The van der Waals surface area contributed by atoms with Crippen molar-refractivity contribution in [2.75, 3.05) is 26.7 Å². The number of carbonyl (C=O) groups excluding carboxylic acids is 1. The smallest absolute Gasteiger partial charge is 0.374 e. The lowest BCUT2D eigenvalue weighted by atomic mass is 9.99. The zero-order valence-electron chi connectivity index (χ0n) is 12.7. The fraction of sp³-hybridized carbons (Fsp3) is 0.692. The minimum atomic E-state index is -4.98. The van der Waals surface area contributed by atoms with Crippen molar-refractivity contribution in [3.8, 4) is 0 Å². The first-order valence-electron chi connectivity index (χ1n) is 6.77. The van der Waals surface area contributed by atoms with Crippen LogP contribution in [0.1, 0.15) is 24.0 Å². The van der Waals surface area contributed by atoms with Gasteiger partial charge in [0.1, 0.15) is 5.01 Å². The highest BCUT2D eigenvalue weighted by Crippen LogP contribution is 2.42. The van der Waals surface area contributed by atoms with Crippen molar-refractivity contribution in [1.29, 1.82) is 0 Å². The maximum Gasteiger partial charge on any atom is 0.424 e. The highest BCUT2D eigenvalue weighted by molar-refractivity contribution is 7.09. The van der Waals surface area contributed by atoms with E-state index in [0.29, 0.717) is 23.6 Å². The molecular formula is C13H20F3N3O2S. The molecule has 1 atom stereocenters. The van der Waals surface area contributed by atoms with E-state index in [0.717, 1.165) is 6.54 Å². The molecule has 0 aromatic carbocycles. The summed E-state index contributed by atoms with van der Waals surface area (Å²) in [5.74, 6) is -0.864. The number of rotatable bonds is 7. The normalized spacial score (nSPS) is 14.9. The van der Waals surface area contributed by atoms with Crippen molar-refractivity contribution in [1.82, 2.24) is 15.2 Å². The Hall–Kier alpha value is -1.19. The summed E-state index contributed by atoms with van der Waals surface area (Å²) in [5.41, 5.74) is -2.89. The quantitative estimate of drug-likeness (QED) is 0.793. The van der Waals surface area contributed by atoms with Gasteiger partial charge in [0.2, 0.25) is 11.5 Å². The van der Waals surface area contributed by atoms with Crippen LogP contribution in [-0.4, -0.2) is 53.8 Å². The molecule has 0 radical (unpaired) electrons. The van der Waals surface area contributed by atoms with Crippen LogP contribution in [0.25, 0.3) is 0 Å². The topological polar surface area (TPSA) is 65.5 Å². The summed E-state index contributed by atoms with van der Waals surface area (Å²) >= 11 is 0.688. The third-order valence-electron chi connectivity index (χ3n) is 3.21. The fourth-order valence-electron chi connectivity index (χ4n) is 1.68. The molecule has 9 heteroatoms. The lowest BCUT2D eigenvalue weighted by Crippen LogP contribution is -2.46. The Kier molecular flexibility index (Phi) is 6.33. The lowest BCUT2D eigenvalue weighted by Gasteiger charge is -2.28. The number of alkyl halides is 3. The van der Waals surface area contributed by atoms with Crippen LogP contribution in [-0.2, 0) is 10.4 Å². The third-order valence-corrected chi connectivity index (χ3v) is 4.32. The second kappa shape index (κ2) is 7.38. The lowest BCUT2D eigenvalue weighted by molar-refractivity contribution is -0.267. The molecule has 5 nitrogen and oxygen atoms in total. The van der Waals surface area contributed by atoms with Crippen molar-refractivity contribution in [3.05, 3.63) is 16.1 Å². The molecule has 1 heterocycles. The van der Waals surface area contributed by atoms with E-state index in [1.165, 1.54) is 12.3 Å². The molecule has 0 bridgehead atoms. The number of halogens is 3. The maximum absolute atomic E-state index is 13.2. The zero-order chi connectivity index (χ0) is 17.0. The van der Waals surface area contributed by atoms with E-state index < -0.39 is 29.1 Å². The van der Waals surface area contributed by atoms with Gasteiger partial charge in [0, 0.05) is 24.2 Å². The molecule has 0 saturated carbocycles. The van der Waals surface area contributed by atoms with Crippen molar-refractivity contribution in [2.45, 2.75) is 32.0 Å². The molecule has 1 rings (SSSR count). The first-order valence-corrected chi connectivity index (χ1v) is 7.65. The number of aryl methyl sites for hydroxylation is 1. The Bertz CT molecular complexity index is 507. The summed E-state index contributed by atoms with van der Waals surface area (Å²) in [7, 11) is 1.83. The van der Waals surface area contributed by atoms with Gasteiger partial charge >= 0.3 is 6.18 Å². The SMILES string of the molecule is CCN(C)CCNC(=O)CC(O)(c1nc(C)cs1)C(F)(F)F. The first kappa shape index (κ1) is 18.9. The third kappa shape index (κ3) is 4.65. The van der Waals surface area contributed by atoms with Gasteiger partial charge in [-0.1, -0.05) is 6.92 Å². The van der Waals surface area contributed by atoms with Crippen molar-refractivity contribution < 1.29 is 23.1 Å². The van der Waals surface area contributed by atoms with Crippen LogP contribution in [0.2, 0.25) is 0 Å². The van der Waals surface area contributed by atoms with Crippen LogP contribution < -0.4 is 5.32 Å². The molecule has 126 valence electrons. The Morgan fingerprint density at radius 3 is 2.59 bits per heavy atom. The molecule has 0 aliphatic rings. The van der Waals surface area contributed by atoms with Crippen LogP contribution in [0.3, 0.4) is 0 Å². The highest BCUT2D eigenvalue weighted by atomic mass is 32.1. The highest BCUT2D eigenvalue weighted by Gasteiger charge is 2.58. The minimum Gasteiger partial charge on any atom is -0.374 e. The predicted molar refractivity (Wildman–Crippen MR) is 77.6 cm³/mol. The molecule has 22 heavy (non-hydrogen) atoms. The monoisotopic (exact) mass is 339 g/mol. The van der Waals surface area contributed by atoms with E-state index in [2.05, 4.69) is 10.3 Å². The van der Waals surface area contributed by atoms with Gasteiger partial charge in [-0.15, -0.1) is 11.3 Å². The molecule has 1 aromatic heterocycles. The molecule has 0 aliphatic carbocycles. The van der Waals surface area contributed by atoms with Crippen molar-refractivity contribution in [2.24, 2.45) is 0 Å². The molecule has 1 unspecified atom stereocenters. The molecule has 0 saturated heterocycles. The second-order valence-electron chi connectivity index (χ2n) is 5.07. The first-order chi connectivity index (χ1) is 10.1. The Balaban J connectivity index is 2.77. The molecule has 1 aromatic rings. The van der Waals surface area contributed by atoms with E-state index in [4.69, 9.17) is 0 Å². The molecule has 0 fully saturated rings. The number of nitrogens with one attached hydrogen (secondary N) is 1. The molecular weight excluding hydrogens is 319 g/mol. The minimum absolute atomic E-state index is 0.216. The van der Waals surface area contributed by atoms with E-state index in [1.54, 1.807) is 0 Å². The number of thiazole rings is 1. The van der Waals surface area contributed by atoms with Crippen LogP contribution in [0, 0.1) is 6.92 Å². The summed E-state index contributed by atoms with van der Waals surface area (Å²) in [5, 5.41) is 13.3. The van der Waals surface area contributed by atoms with Gasteiger partial charge in [0.05, 0.1) is 6.42 Å². The van der Waals surface area contributed by atoms with Crippen molar-refractivity contribution >= 4 is 17.2 Å². The number of aromatic nitrogens is 1.